The molecule has 0 spiro atoms. The van der Waals surface area contributed by atoms with Gasteiger partial charge in [0.25, 0.3) is 0 Å². The van der Waals surface area contributed by atoms with Crippen LogP contribution in [0.25, 0.3) is 10.8 Å². The molecule has 0 N–H and O–H groups in total. The van der Waals surface area contributed by atoms with Crippen LogP contribution in [-0.4, -0.2) is 11.7 Å². The maximum Gasteiger partial charge on any atom is 0.138 e. The predicted molar refractivity (Wildman–Crippen MR) is 71.1 cm³/mol. The van der Waals surface area contributed by atoms with Gasteiger partial charge in [-0.3, -0.25) is 0 Å². The molecular formula is C13H10BrClO. The van der Waals surface area contributed by atoms with E-state index in [1.807, 2.05) is 24.3 Å². The van der Waals surface area contributed by atoms with E-state index in [0.29, 0.717) is 6.42 Å². The number of carbonyl (C=O) groups excluding carboxylic acids is 1. The summed E-state index contributed by atoms with van der Waals surface area (Å²) in [5.74, 6) is 0. The van der Waals surface area contributed by atoms with E-state index < -0.39 is 5.38 Å². The summed E-state index contributed by atoms with van der Waals surface area (Å²) in [6.45, 7) is 0. The van der Waals surface area contributed by atoms with Crippen molar-refractivity contribution >= 4 is 44.6 Å². The summed E-state index contributed by atoms with van der Waals surface area (Å²) in [6.07, 6.45) is 1.35. The van der Waals surface area contributed by atoms with Crippen molar-refractivity contribution in [2.24, 2.45) is 0 Å². The Balaban J connectivity index is 2.36. The van der Waals surface area contributed by atoms with Crippen molar-refractivity contribution in [2.45, 2.75) is 11.8 Å². The molecule has 2 aromatic rings. The number of carbonyl (C=O) groups is 1. The van der Waals surface area contributed by atoms with Crippen molar-refractivity contribution in [1.29, 1.82) is 0 Å². The Kier molecular flexibility index (Phi) is 3.62. The third kappa shape index (κ3) is 2.63. The molecule has 2 rings (SSSR count). The highest BCUT2D eigenvalue weighted by atomic mass is 79.9. The summed E-state index contributed by atoms with van der Waals surface area (Å²) in [4.78, 5) is 10.5. The third-order valence-corrected chi connectivity index (χ3v) is 3.20. The molecule has 0 saturated heterocycles. The largest absolute Gasteiger partial charge is 0.302 e. The average molecular weight is 298 g/mol. The molecule has 1 nitrogen and oxygen atoms in total. The molecule has 0 bridgehead atoms. The maximum atomic E-state index is 10.5. The summed E-state index contributed by atoms with van der Waals surface area (Å²) in [6, 6.07) is 12.2. The van der Waals surface area contributed by atoms with Crippen LogP contribution in [0.5, 0.6) is 0 Å². The van der Waals surface area contributed by atoms with Crippen LogP contribution in [0.3, 0.4) is 0 Å². The predicted octanol–water partition coefficient (Wildman–Crippen LogP) is 3.95. The molecule has 0 heterocycles. The number of hydrogen-bond acceptors (Lipinski definition) is 1. The number of hydrogen-bond donors (Lipinski definition) is 0. The van der Waals surface area contributed by atoms with Crippen molar-refractivity contribution < 1.29 is 4.79 Å². The number of halogens is 2. The summed E-state index contributed by atoms with van der Waals surface area (Å²) < 4.78 is 1.07. The Morgan fingerprint density at radius 1 is 1.19 bits per heavy atom. The van der Waals surface area contributed by atoms with Crippen molar-refractivity contribution in [2.75, 3.05) is 0 Å². The fraction of sp³-hybridized carbons (Fsp3) is 0.154. The minimum absolute atomic E-state index is 0.437. The van der Waals surface area contributed by atoms with E-state index >= 15 is 0 Å². The molecule has 1 atom stereocenters. The maximum absolute atomic E-state index is 10.5. The van der Waals surface area contributed by atoms with Gasteiger partial charge in [0.05, 0.1) is 5.38 Å². The van der Waals surface area contributed by atoms with Crippen LogP contribution in [0.15, 0.2) is 40.9 Å². The van der Waals surface area contributed by atoms with Crippen molar-refractivity contribution in [3.8, 4) is 0 Å². The zero-order valence-corrected chi connectivity index (χ0v) is 10.8. The van der Waals surface area contributed by atoms with E-state index in [4.69, 9.17) is 11.6 Å². The lowest BCUT2D eigenvalue weighted by Crippen LogP contribution is -2.03. The first kappa shape index (κ1) is 11.6. The lowest BCUT2D eigenvalue weighted by Gasteiger charge is -2.05. The number of benzene rings is 2. The Bertz CT molecular complexity index is 524. The van der Waals surface area contributed by atoms with Crippen LogP contribution >= 0.6 is 27.5 Å². The summed E-state index contributed by atoms with van der Waals surface area (Å²) >= 11 is 9.24. The van der Waals surface area contributed by atoms with Crippen LogP contribution < -0.4 is 0 Å². The Morgan fingerprint density at radius 3 is 2.62 bits per heavy atom. The van der Waals surface area contributed by atoms with E-state index in [1.165, 1.54) is 5.39 Å². The number of rotatable bonds is 3. The monoisotopic (exact) mass is 296 g/mol. The lowest BCUT2D eigenvalue weighted by molar-refractivity contribution is -0.107. The Labute approximate surface area is 108 Å². The van der Waals surface area contributed by atoms with Gasteiger partial charge in [-0.1, -0.05) is 40.2 Å². The van der Waals surface area contributed by atoms with E-state index in [0.717, 1.165) is 21.7 Å². The smallest absolute Gasteiger partial charge is 0.138 e. The van der Waals surface area contributed by atoms with E-state index in [2.05, 4.69) is 28.1 Å². The zero-order valence-electron chi connectivity index (χ0n) is 8.49. The van der Waals surface area contributed by atoms with E-state index in [9.17, 15) is 4.79 Å². The van der Waals surface area contributed by atoms with Gasteiger partial charge in [0, 0.05) is 4.47 Å². The first-order chi connectivity index (χ1) is 7.69. The van der Waals surface area contributed by atoms with Crippen molar-refractivity contribution in [3.63, 3.8) is 0 Å². The van der Waals surface area contributed by atoms with Gasteiger partial charge in [-0.05, 0) is 34.9 Å². The molecule has 0 saturated carbocycles. The van der Waals surface area contributed by atoms with Gasteiger partial charge >= 0.3 is 0 Å². The van der Waals surface area contributed by atoms with Crippen LogP contribution in [0.4, 0.5) is 0 Å². The first-order valence-electron chi connectivity index (χ1n) is 4.96. The minimum Gasteiger partial charge on any atom is -0.302 e. The molecule has 0 aliphatic rings. The molecule has 0 aliphatic carbocycles. The second-order valence-electron chi connectivity index (χ2n) is 3.68. The van der Waals surface area contributed by atoms with Gasteiger partial charge in [-0.25, -0.2) is 0 Å². The molecule has 3 heteroatoms. The first-order valence-corrected chi connectivity index (χ1v) is 6.19. The lowest BCUT2D eigenvalue weighted by atomic mass is 10.0. The highest BCUT2D eigenvalue weighted by molar-refractivity contribution is 9.10. The molecule has 0 radical (unpaired) electrons. The fourth-order valence-corrected chi connectivity index (χ4v) is 2.22. The van der Waals surface area contributed by atoms with Crippen molar-refractivity contribution in [3.05, 3.63) is 46.4 Å². The standard InChI is InChI=1S/C13H10BrClO/c14-12-4-3-10-5-9(6-13(15)8-16)1-2-11(10)7-12/h1-5,7-8,13H,6H2. The number of aldehydes is 1. The summed E-state index contributed by atoms with van der Waals surface area (Å²) in [7, 11) is 0. The third-order valence-electron chi connectivity index (χ3n) is 2.45. The minimum atomic E-state index is -0.437. The molecule has 2 aromatic carbocycles. The van der Waals surface area contributed by atoms with Gasteiger partial charge in [0.1, 0.15) is 6.29 Å². The van der Waals surface area contributed by atoms with Crippen molar-refractivity contribution in [1.82, 2.24) is 0 Å². The highest BCUT2D eigenvalue weighted by Crippen LogP contribution is 2.21. The second-order valence-corrected chi connectivity index (χ2v) is 5.16. The normalized spacial score (nSPS) is 12.6. The number of fused-ring (bicyclic) bond motifs is 1. The van der Waals surface area contributed by atoms with Gasteiger partial charge in [0.15, 0.2) is 0 Å². The quantitative estimate of drug-likeness (QED) is 0.619. The van der Waals surface area contributed by atoms with E-state index in [1.54, 1.807) is 0 Å². The zero-order chi connectivity index (χ0) is 11.5. The van der Waals surface area contributed by atoms with Crippen LogP contribution in [-0.2, 0) is 11.2 Å². The van der Waals surface area contributed by atoms with Gasteiger partial charge in [0.2, 0.25) is 0 Å². The van der Waals surface area contributed by atoms with E-state index in [-0.39, 0.29) is 0 Å². The Hall–Kier alpha value is -0.860. The average Bonchev–Trinajstić information content (AvgIpc) is 2.29. The SMILES string of the molecule is O=CC(Cl)Cc1ccc2cc(Br)ccc2c1. The molecule has 0 aliphatic heterocycles. The topological polar surface area (TPSA) is 17.1 Å². The van der Waals surface area contributed by atoms with Gasteiger partial charge < -0.3 is 4.79 Å². The molecule has 16 heavy (non-hydrogen) atoms. The highest BCUT2D eigenvalue weighted by Gasteiger charge is 2.04. The van der Waals surface area contributed by atoms with Crippen LogP contribution in [0, 0.1) is 0 Å². The second kappa shape index (κ2) is 4.98. The van der Waals surface area contributed by atoms with Crippen LogP contribution in [0.1, 0.15) is 5.56 Å². The van der Waals surface area contributed by atoms with Crippen LogP contribution in [0.2, 0.25) is 0 Å². The molecule has 0 aromatic heterocycles. The van der Waals surface area contributed by atoms with Gasteiger partial charge in [-0.15, -0.1) is 11.6 Å². The molecule has 0 amide bonds. The molecule has 0 fully saturated rings. The molecule has 82 valence electrons. The Morgan fingerprint density at radius 2 is 1.88 bits per heavy atom. The molecule has 1 unspecified atom stereocenters. The summed E-state index contributed by atoms with van der Waals surface area (Å²) in [5.41, 5.74) is 1.09. The number of alkyl halides is 1. The van der Waals surface area contributed by atoms with Gasteiger partial charge in [-0.2, -0.15) is 0 Å². The fourth-order valence-electron chi connectivity index (χ4n) is 1.67. The molecular weight excluding hydrogens is 287 g/mol. The summed E-state index contributed by atoms with van der Waals surface area (Å²) in [5, 5.41) is 1.90.